The third-order valence-corrected chi connectivity index (χ3v) is 3.01. The summed E-state index contributed by atoms with van der Waals surface area (Å²) in [5.41, 5.74) is 0.231. The molecular formula is C13H27N3. The first-order valence-electron chi connectivity index (χ1n) is 6.46. The summed E-state index contributed by atoms with van der Waals surface area (Å²) in [6.45, 7) is 14.6. The zero-order valence-corrected chi connectivity index (χ0v) is 11.7. The highest BCUT2D eigenvalue weighted by atomic mass is 15.6. The van der Waals surface area contributed by atoms with E-state index in [2.05, 4.69) is 56.6 Å². The van der Waals surface area contributed by atoms with Gasteiger partial charge in [-0.2, -0.15) is 5.10 Å². The van der Waals surface area contributed by atoms with Crippen LogP contribution in [0.25, 0.3) is 0 Å². The highest BCUT2D eigenvalue weighted by molar-refractivity contribution is 5.57. The lowest BCUT2D eigenvalue weighted by Gasteiger charge is -2.41. The van der Waals surface area contributed by atoms with E-state index >= 15 is 0 Å². The highest BCUT2D eigenvalue weighted by Crippen LogP contribution is 2.31. The summed E-state index contributed by atoms with van der Waals surface area (Å²) in [5, 5.41) is 6.81. The first kappa shape index (κ1) is 13.3. The fourth-order valence-corrected chi connectivity index (χ4v) is 2.22. The standard InChI is InChI=1S/C13H27N3/c1-7-8-9-16-12(13(4,5)6)15(10-14-16)11(2)3/h10-12H,7-9H2,1-6H3. The minimum atomic E-state index is 0.231. The average Bonchev–Trinajstić information content (AvgIpc) is 2.57. The Balaban J connectivity index is 2.76. The number of hydrogen-bond acceptors (Lipinski definition) is 3. The van der Waals surface area contributed by atoms with Gasteiger partial charge in [0.15, 0.2) is 0 Å². The van der Waals surface area contributed by atoms with Crippen LogP contribution in [0.15, 0.2) is 5.10 Å². The second kappa shape index (κ2) is 5.07. The molecule has 0 radical (unpaired) electrons. The van der Waals surface area contributed by atoms with Gasteiger partial charge in [0.1, 0.15) is 12.5 Å². The van der Waals surface area contributed by atoms with Gasteiger partial charge >= 0.3 is 0 Å². The number of unbranched alkanes of at least 4 members (excludes halogenated alkanes) is 1. The fourth-order valence-electron chi connectivity index (χ4n) is 2.22. The zero-order valence-electron chi connectivity index (χ0n) is 11.7. The van der Waals surface area contributed by atoms with E-state index in [1.807, 2.05) is 6.34 Å². The summed E-state index contributed by atoms with van der Waals surface area (Å²) < 4.78 is 0. The summed E-state index contributed by atoms with van der Waals surface area (Å²) in [5.74, 6) is 0. The van der Waals surface area contributed by atoms with E-state index in [0.717, 1.165) is 6.54 Å². The average molecular weight is 225 g/mol. The normalized spacial score (nSPS) is 21.3. The Labute approximate surface area is 100 Å². The van der Waals surface area contributed by atoms with E-state index < -0.39 is 0 Å². The van der Waals surface area contributed by atoms with Crippen molar-refractivity contribution in [3.05, 3.63) is 0 Å². The molecule has 16 heavy (non-hydrogen) atoms. The van der Waals surface area contributed by atoms with E-state index in [1.54, 1.807) is 0 Å². The topological polar surface area (TPSA) is 18.8 Å². The number of hydrazone groups is 1. The maximum absolute atomic E-state index is 4.56. The lowest BCUT2D eigenvalue weighted by molar-refractivity contribution is 0.0228. The van der Waals surface area contributed by atoms with Gasteiger partial charge in [0.05, 0.1) is 0 Å². The fraction of sp³-hybridized carbons (Fsp3) is 0.923. The maximum atomic E-state index is 4.56. The molecule has 3 heteroatoms. The van der Waals surface area contributed by atoms with Crippen molar-refractivity contribution in [1.29, 1.82) is 0 Å². The molecule has 1 atom stereocenters. The second-order valence-corrected chi connectivity index (χ2v) is 6.03. The highest BCUT2D eigenvalue weighted by Gasteiger charge is 2.38. The monoisotopic (exact) mass is 225 g/mol. The van der Waals surface area contributed by atoms with Crippen molar-refractivity contribution in [2.75, 3.05) is 6.54 Å². The first-order valence-corrected chi connectivity index (χ1v) is 6.46. The Bertz CT molecular complexity index is 240. The number of hydrogen-bond donors (Lipinski definition) is 0. The van der Waals surface area contributed by atoms with Gasteiger partial charge in [-0.3, -0.25) is 5.01 Å². The molecule has 0 aromatic carbocycles. The van der Waals surface area contributed by atoms with Gasteiger partial charge in [-0.15, -0.1) is 0 Å². The molecular weight excluding hydrogens is 198 g/mol. The molecule has 0 saturated heterocycles. The van der Waals surface area contributed by atoms with E-state index in [1.165, 1.54) is 12.8 Å². The van der Waals surface area contributed by atoms with Gasteiger partial charge < -0.3 is 4.90 Å². The summed E-state index contributed by atoms with van der Waals surface area (Å²) in [7, 11) is 0. The third-order valence-electron chi connectivity index (χ3n) is 3.01. The first-order chi connectivity index (χ1) is 7.38. The minimum absolute atomic E-state index is 0.231. The van der Waals surface area contributed by atoms with Crippen LogP contribution in [-0.2, 0) is 0 Å². The molecule has 0 spiro atoms. The molecule has 1 aliphatic heterocycles. The Kier molecular flexibility index (Phi) is 4.22. The Hall–Kier alpha value is -0.730. The predicted octanol–water partition coefficient (Wildman–Crippen LogP) is 3.13. The molecule has 94 valence electrons. The Morgan fingerprint density at radius 2 is 1.94 bits per heavy atom. The van der Waals surface area contributed by atoms with Crippen LogP contribution in [0.4, 0.5) is 0 Å². The van der Waals surface area contributed by atoms with Crippen molar-refractivity contribution >= 4 is 6.34 Å². The molecule has 0 saturated carbocycles. The molecule has 0 N–H and O–H groups in total. The molecule has 0 amide bonds. The van der Waals surface area contributed by atoms with Crippen molar-refractivity contribution in [2.24, 2.45) is 10.5 Å². The maximum Gasteiger partial charge on any atom is 0.124 e. The lowest BCUT2D eigenvalue weighted by atomic mass is 9.90. The molecule has 0 aromatic rings. The molecule has 1 heterocycles. The molecule has 0 aliphatic carbocycles. The smallest absolute Gasteiger partial charge is 0.124 e. The molecule has 1 unspecified atom stereocenters. The summed E-state index contributed by atoms with van der Waals surface area (Å²) in [6, 6.07) is 0.514. The van der Waals surface area contributed by atoms with E-state index in [9.17, 15) is 0 Å². The third kappa shape index (κ3) is 2.89. The minimum Gasteiger partial charge on any atom is -0.336 e. The summed E-state index contributed by atoms with van der Waals surface area (Å²) in [6.07, 6.45) is 4.86. The molecule has 0 fully saturated rings. The largest absolute Gasteiger partial charge is 0.336 e. The predicted molar refractivity (Wildman–Crippen MR) is 70.3 cm³/mol. The quantitative estimate of drug-likeness (QED) is 0.732. The van der Waals surface area contributed by atoms with Crippen LogP contribution in [-0.4, -0.2) is 35.0 Å². The Morgan fingerprint density at radius 3 is 2.38 bits per heavy atom. The van der Waals surface area contributed by atoms with Crippen molar-refractivity contribution in [2.45, 2.75) is 66.6 Å². The van der Waals surface area contributed by atoms with Crippen LogP contribution in [0, 0.1) is 5.41 Å². The van der Waals surface area contributed by atoms with Crippen LogP contribution < -0.4 is 0 Å². The SMILES string of the molecule is CCCCN1N=CN(C(C)C)C1C(C)(C)C. The van der Waals surface area contributed by atoms with E-state index in [4.69, 9.17) is 0 Å². The van der Waals surface area contributed by atoms with E-state index in [-0.39, 0.29) is 5.41 Å². The van der Waals surface area contributed by atoms with Crippen LogP contribution >= 0.6 is 0 Å². The van der Waals surface area contributed by atoms with Crippen LogP contribution in [0.2, 0.25) is 0 Å². The van der Waals surface area contributed by atoms with Crippen molar-refractivity contribution in [1.82, 2.24) is 9.91 Å². The van der Waals surface area contributed by atoms with Crippen molar-refractivity contribution in [3.63, 3.8) is 0 Å². The van der Waals surface area contributed by atoms with Crippen LogP contribution in [0.5, 0.6) is 0 Å². The Morgan fingerprint density at radius 1 is 1.31 bits per heavy atom. The number of nitrogens with zero attached hydrogens (tertiary/aromatic N) is 3. The number of rotatable bonds is 4. The molecule has 0 bridgehead atoms. The van der Waals surface area contributed by atoms with Gasteiger partial charge in [-0.1, -0.05) is 34.1 Å². The zero-order chi connectivity index (χ0) is 12.3. The van der Waals surface area contributed by atoms with Gasteiger partial charge in [0.2, 0.25) is 0 Å². The van der Waals surface area contributed by atoms with Crippen molar-refractivity contribution in [3.8, 4) is 0 Å². The second-order valence-electron chi connectivity index (χ2n) is 6.03. The summed E-state index contributed by atoms with van der Waals surface area (Å²) in [4.78, 5) is 2.37. The molecule has 3 nitrogen and oxygen atoms in total. The van der Waals surface area contributed by atoms with Gasteiger partial charge in [0.25, 0.3) is 0 Å². The summed E-state index contributed by atoms with van der Waals surface area (Å²) >= 11 is 0. The molecule has 1 rings (SSSR count). The van der Waals surface area contributed by atoms with E-state index in [0.29, 0.717) is 12.2 Å². The van der Waals surface area contributed by atoms with Crippen LogP contribution in [0.1, 0.15) is 54.4 Å². The van der Waals surface area contributed by atoms with Gasteiger partial charge in [-0.05, 0) is 20.3 Å². The molecule has 0 aromatic heterocycles. The van der Waals surface area contributed by atoms with Crippen LogP contribution in [0.3, 0.4) is 0 Å². The van der Waals surface area contributed by atoms with Gasteiger partial charge in [0, 0.05) is 18.0 Å². The van der Waals surface area contributed by atoms with Crippen molar-refractivity contribution < 1.29 is 0 Å². The molecule has 1 aliphatic rings. The van der Waals surface area contributed by atoms with Gasteiger partial charge in [-0.25, -0.2) is 0 Å². The lowest BCUT2D eigenvalue weighted by Crippen LogP contribution is -2.51.